The van der Waals surface area contributed by atoms with Crippen molar-refractivity contribution in [3.8, 4) is 5.69 Å². The smallest absolute Gasteiger partial charge is 0.334 e. The third-order valence-corrected chi connectivity index (χ3v) is 3.21. The SMILES string of the molecule is Cn1cc(-n2c(=O)cc(NCc3ccccc3)[nH]c2=O)cn1. The van der Waals surface area contributed by atoms with E-state index in [9.17, 15) is 9.59 Å². The molecule has 0 amide bonds. The number of hydrogen-bond donors (Lipinski definition) is 2. The van der Waals surface area contributed by atoms with Gasteiger partial charge in [-0.1, -0.05) is 30.3 Å². The summed E-state index contributed by atoms with van der Waals surface area (Å²) in [6, 6.07) is 11.1. The van der Waals surface area contributed by atoms with Gasteiger partial charge in [-0.2, -0.15) is 5.10 Å². The van der Waals surface area contributed by atoms with Crippen molar-refractivity contribution in [2.75, 3.05) is 5.32 Å². The molecule has 0 radical (unpaired) electrons. The van der Waals surface area contributed by atoms with E-state index in [0.717, 1.165) is 10.1 Å². The molecule has 2 N–H and O–H groups in total. The van der Waals surface area contributed by atoms with E-state index in [1.807, 2.05) is 30.3 Å². The van der Waals surface area contributed by atoms with Crippen LogP contribution in [0.15, 0.2) is 58.4 Å². The lowest BCUT2D eigenvalue weighted by molar-refractivity contribution is 0.766. The number of benzene rings is 1. The molecule has 2 aromatic heterocycles. The first-order valence-corrected chi connectivity index (χ1v) is 6.77. The fraction of sp³-hybridized carbons (Fsp3) is 0.133. The second kappa shape index (κ2) is 5.72. The first kappa shape index (κ1) is 13.9. The third kappa shape index (κ3) is 2.83. The van der Waals surface area contributed by atoms with Crippen LogP contribution in [0.3, 0.4) is 0 Å². The van der Waals surface area contributed by atoms with E-state index >= 15 is 0 Å². The van der Waals surface area contributed by atoms with Gasteiger partial charge in [-0.3, -0.25) is 14.5 Å². The highest BCUT2D eigenvalue weighted by Gasteiger charge is 2.08. The van der Waals surface area contributed by atoms with Gasteiger partial charge in [0.1, 0.15) is 5.82 Å². The molecular weight excluding hydrogens is 282 g/mol. The summed E-state index contributed by atoms with van der Waals surface area (Å²) in [5.74, 6) is 0.388. The highest BCUT2D eigenvalue weighted by molar-refractivity contribution is 5.36. The molecule has 0 atom stereocenters. The molecule has 3 aromatic rings. The van der Waals surface area contributed by atoms with Crippen LogP contribution in [-0.2, 0) is 13.6 Å². The molecular formula is C15H15N5O2. The maximum absolute atomic E-state index is 12.1. The van der Waals surface area contributed by atoms with Crippen LogP contribution in [0.25, 0.3) is 5.69 Å². The Balaban J connectivity index is 1.87. The lowest BCUT2D eigenvalue weighted by atomic mass is 10.2. The monoisotopic (exact) mass is 297 g/mol. The van der Waals surface area contributed by atoms with Gasteiger partial charge in [-0.05, 0) is 5.56 Å². The highest BCUT2D eigenvalue weighted by atomic mass is 16.2. The standard InChI is InChI=1S/C15H15N5O2/c1-19-10-12(9-17-19)20-14(21)7-13(18-15(20)22)16-8-11-5-3-2-4-6-11/h2-7,9-10,16H,8H2,1H3,(H,18,22). The Kier molecular flexibility index (Phi) is 3.61. The van der Waals surface area contributed by atoms with Crippen LogP contribution in [0.4, 0.5) is 5.82 Å². The van der Waals surface area contributed by atoms with Gasteiger partial charge in [0, 0.05) is 25.9 Å². The number of anilines is 1. The fourth-order valence-corrected chi connectivity index (χ4v) is 2.15. The number of H-pyrrole nitrogens is 1. The van der Waals surface area contributed by atoms with Crippen LogP contribution in [-0.4, -0.2) is 19.3 Å². The van der Waals surface area contributed by atoms with Crippen molar-refractivity contribution in [2.24, 2.45) is 7.05 Å². The first-order chi connectivity index (χ1) is 10.6. The summed E-state index contributed by atoms with van der Waals surface area (Å²) >= 11 is 0. The van der Waals surface area contributed by atoms with Gasteiger partial charge in [-0.25, -0.2) is 9.36 Å². The molecule has 0 aliphatic carbocycles. The van der Waals surface area contributed by atoms with Crippen LogP contribution in [0.2, 0.25) is 0 Å². The lowest BCUT2D eigenvalue weighted by Gasteiger charge is -2.07. The average molecular weight is 297 g/mol. The molecule has 7 nitrogen and oxygen atoms in total. The lowest BCUT2D eigenvalue weighted by Crippen LogP contribution is -2.33. The molecule has 0 spiro atoms. The number of nitrogens with one attached hydrogen (secondary N) is 2. The van der Waals surface area contributed by atoms with Crippen molar-refractivity contribution >= 4 is 5.82 Å². The zero-order valence-corrected chi connectivity index (χ0v) is 12.0. The minimum Gasteiger partial charge on any atom is -0.367 e. The number of rotatable bonds is 4. The van der Waals surface area contributed by atoms with Gasteiger partial charge in [0.15, 0.2) is 0 Å². The molecule has 0 aliphatic heterocycles. The van der Waals surface area contributed by atoms with Gasteiger partial charge >= 0.3 is 5.69 Å². The van der Waals surface area contributed by atoms with Crippen molar-refractivity contribution in [1.29, 1.82) is 0 Å². The number of nitrogens with zero attached hydrogens (tertiary/aromatic N) is 3. The van der Waals surface area contributed by atoms with Gasteiger partial charge in [0.25, 0.3) is 5.56 Å². The summed E-state index contributed by atoms with van der Waals surface area (Å²) < 4.78 is 2.57. The van der Waals surface area contributed by atoms with E-state index in [1.165, 1.54) is 16.9 Å². The topological polar surface area (TPSA) is 84.7 Å². The van der Waals surface area contributed by atoms with E-state index in [4.69, 9.17) is 0 Å². The minimum absolute atomic E-state index is 0.388. The van der Waals surface area contributed by atoms with Crippen LogP contribution in [0, 0.1) is 0 Å². The quantitative estimate of drug-likeness (QED) is 0.748. The molecule has 22 heavy (non-hydrogen) atoms. The van der Waals surface area contributed by atoms with Crippen LogP contribution < -0.4 is 16.6 Å². The highest BCUT2D eigenvalue weighted by Crippen LogP contribution is 2.04. The van der Waals surface area contributed by atoms with Crippen LogP contribution >= 0.6 is 0 Å². The number of hydrogen-bond acceptors (Lipinski definition) is 4. The Labute approximate surface area is 125 Å². The summed E-state index contributed by atoms with van der Waals surface area (Å²) in [7, 11) is 1.72. The van der Waals surface area contributed by atoms with E-state index in [0.29, 0.717) is 18.1 Å². The molecule has 0 saturated carbocycles. The summed E-state index contributed by atoms with van der Waals surface area (Å²) in [5, 5.41) is 7.00. The van der Waals surface area contributed by atoms with E-state index in [-0.39, 0.29) is 0 Å². The van der Waals surface area contributed by atoms with Gasteiger partial charge < -0.3 is 5.32 Å². The Morgan fingerprint density at radius 2 is 2.00 bits per heavy atom. The van der Waals surface area contributed by atoms with Gasteiger partial charge in [0.05, 0.1) is 11.9 Å². The summed E-state index contributed by atoms with van der Waals surface area (Å²) in [6.45, 7) is 0.521. The van der Waals surface area contributed by atoms with Crippen molar-refractivity contribution in [3.05, 3.63) is 75.2 Å². The second-order valence-electron chi connectivity index (χ2n) is 4.87. The first-order valence-electron chi connectivity index (χ1n) is 6.77. The molecule has 0 fully saturated rings. The van der Waals surface area contributed by atoms with Crippen molar-refractivity contribution in [3.63, 3.8) is 0 Å². The number of aromatic nitrogens is 4. The summed E-state index contributed by atoms with van der Waals surface area (Å²) in [5.41, 5.74) is 0.575. The maximum Gasteiger partial charge on any atom is 0.334 e. The van der Waals surface area contributed by atoms with E-state index < -0.39 is 11.2 Å². The van der Waals surface area contributed by atoms with Crippen molar-refractivity contribution < 1.29 is 0 Å². The molecule has 0 unspecified atom stereocenters. The van der Waals surface area contributed by atoms with Crippen molar-refractivity contribution in [2.45, 2.75) is 6.54 Å². The molecule has 3 rings (SSSR count). The summed E-state index contributed by atoms with van der Waals surface area (Å²) in [6.07, 6.45) is 3.07. The van der Waals surface area contributed by atoms with Gasteiger partial charge in [-0.15, -0.1) is 0 Å². The number of aromatic amines is 1. The van der Waals surface area contributed by atoms with E-state index in [2.05, 4.69) is 15.4 Å². The molecule has 2 heterocycles. The Bertz CT molecular complexity index is 861. The maximum atomic E-state index is 12.1. The normalized spacial score (nSPS) is 10.6. The fourth-order valence-electron chi connectivity index (χ4n) is 2.15. The second-order valence-corrected chi connectivity index (χ2v) is 4.87. The molecule has 0 saturated heterocycles. The third-order valence-electron chi connectivity index (χ3n) is 3.21. The Morgan fingerprint density at radius 1 is 1.23 bits per heavy atom. The predicted octanol–water partition coefficient (Wildman–Crippen LogP) is 0.871. The predicted molar refractivity (Wildman–Crippen MR) is 83.2 cm³/mol. The van der Waals surface area contributed by atoms with Crippen molar-refractivity contribution in [1.82, 2.24) is 19.3 Å². The van der Waals surface area contributed by atoms with Crippen LogP contribution in [0.5, 0.6) is 0 Å². The largest absolute Gasteiger partial charge is 0.367 e. The van der Waals surface area contributed by atoms with E-state index in [1.54, 1.807) is 13.2 Å². The molecule has 112 valence electrons. The molecule has 7 heteroatoms. The average Bonchev–Trinajstić information content (AvgIpc) is 2.92. The molecule has 1 aromatic carbocycles. The molecule has 0 bridgehead atoms. The Hall–Kier alpha value is -3.09. The minimum atomic E-state index is -0.504. The Morgan fingerprint density at radius 3 is 2.64 bits per heavy atom. The van der Waals surface area contributed by atoms with Crippen LogP contribution in [0.1, 0.15) is 5.56 Å². The molecule has 0 aliphatic rings. The number of aryl methyl sites for hydroxylation is 1. The zero-order valence-electron chi connectivity index (χ0n) is 12.0. The van der Waals surface area contributed by atoms with Gasteiger partial charge in [0.2, 0.25) is 0 Å². The summed E-state index contributed by atoms with van der Waals surface area (Å²) in [4.78, 5) is 26.9. The zero-order chi connectivity index (χ0) is 15.5.